The van der Waals surface area contributed by atoms with Gasteiger partial charge < -0.3 is 24.2 Å². The highest BCUT2D eigenvalue weighted by Crippen LogP contribution is 2.45. The van der Waals surface area contributed by atoms with E-state index in [1.165, 1.54) is 19.3 Å². The molecule has 0 saturated heterocycles. The van der Waals surface area contributed by atoms with Crippen molar-refractivity contribution in [3.63, 3.8) is 0 Å². The highest BCUT2D eigenvalue weighted by molar-refractivity contribution is 7.16. The van der Waals surface area contributed by atoms with Crippen molar-refractivity contribution in [1.29, 1.82) is 0 Å². The highest BCUT2D eigenvalue weighted by Gasteiger charge is 2.31. The van der Waals surface area contributed by atoms with Crippen molar-refractivity contribution in [3.8, 4) is 28.6 Å². The second-order valence-corrected chi connectivity index (χ2v) is 8.05. The van der Waals surface area contributed by atoms with E-state index in [0.29, 0.717) is 29.8 Å². The molecule has 2 heterocycles. The Bertz CT molecular complexity index is 1010. The summed E-state index contributed by atoms with van der Waals surface area (Å²) >= 11 is 1.60. The van der Waals surface area contributed by atoms with Crippen LogP contribution >= 0.6 is 11.3 Å². The SMILES string of the molecule is CCN(c1c(OC)nn2c(-c3c(O)cc(COC)cc3OC)csc12)C1CCC1. The Hall–Kier alpha value is -2.45. The number of thiazole rings is 1. The Morgan fingerprint density at radius 3 is 2.62 bits per heavy atom. The summed E-state index contributed by atoms with van der Waals surface area (Å²) in [7, 11) is 4.88. The molecule has 0 unspecified atom stereocenters. The third-order valence-electron chi connectivity index (χ3n) is 5.56. The molecule has 156 valence electrons. The molecule has 7 nitrogen and oxygen atoms in total. The van der Waals surface area contributed by atoms with Crippen molar-refractivity contribution in [2.24, 2.45) is 0 Å². The highest BCUT2D eigenvalue weighted by atomic mass is 32.1. The number of aromatic nitrogens is 2. The van der Waals surface area contributed by atoms with Crippen LogP contribution in [-0.2, 0) is 11.3 Å². The second kappa shape index (κ2) is 8.12. The minimum Gasteiger partial charge on any atom is -0.507 e. The summed E-state index contributed by atoms with van der Waals surface area (Å²) < 4.78 is 18.3. The molecule has 1 saturated carbocycles. The Morgan fingerprint density at radius 2 is 2.03 bits per heavy atom. The molecule has 1 aliphatic carbocycles. The lowest BCUT2D eigenvalue weighted by molar-refractivity contribution is 0.184. The lowest BCUT2D eigenvalue weighted by atomic mass is 9.91. The van der Waals surface area contributed by atoms with Crippen LogP contribution in [0.5, 0.6) is 17.4 Å². The van der Waals surface area contributed by atoms with E-state index in [1.54, 1.807) is 38.7 Å². The van der Waals surface area contributed by atoms with Gasteiger partial charge in [0.15, 0.2) is 0 Å². The average molecular weight is 418 g/mol. The summed E-state index contributed by atoms with van der Waals surface area (Å²) in [5.74, 6) is 1.33. The molecule has 0 spiro atoms. The largest absolute Gasteiger partial charge is 0.507 e. The molecule has 1 aliphatic rings. The minimum absolute atomic E-state index is 0.137. The van der Waals surface area contributed by atoms with Crippen LogP contribution in [0.15, 0.2) is 17.5 Å². The molecule has 29 heavy (non-hydrogen) atoms. The van der Waals surface area contributed by atoms with Crippen molar-refractivity contribution in [2.75, 3.05) is 32.8 Å². The molecular weight excluding hydrogens is 390 g/mol. The molecule has 1 fully saturated rings. The standard InChI is InChI=1S/C21H27N3O4S/c1-5-23(14-7-6-8-14)19-20(28-4)22-24-15(12-29-21(19)24)18-16(25)9-13(11-26-2)10-17(18)27-3/h9-10,12,14,25H,5-8,11H2,1-4H3. The molecule has 2 aromatic heterocycles. The Labute approximate surface area is 174 Å². The quantitative estimate of drug-likeness (QED) is 0.589. The first-order chi connectivity index (χ1) is 14.1. The number of hydrogen-bond donors (Lipinski definition) is 1. The summed E-state index contributed by atoms with van der Waals surface area (Å²) in [6.07, 6.45) is 3.66. The first-order valence-corrected chi connectivity index (χ1v) is 10.7. The zero-order valence-corrected chi connectivity index (χ0v) is 18.1. The fourth-order valence-electron chi connectivity index (χ4n) is 3.98. The van der Waals surface area contributed by atoms with Crippen LogP contribution in [0.4, 0.5) is 5.69 Å². The summed E-state index contributed by atoms with van der Waals surface area (Å²) in [5.41, 5.74) is 3.27. The number of aromatic hydroxyl groups is 1. The number of benzene rings is 1. The van der Waals surface area contributed by atoms with E-state index < -0.39 is 0 Å². The fraction of sp³-hybridized carbons (Fsp3) is 0.476. The van der Waals surface area contributed by atoms with Crippen LogP contribution in [0.3, 0.4) is 0 Å². The molecule has 4 rings (SSSR count). The van der Waals surface area contributed by atoms with Gasteiger partial charge in [0.2, 0.25) is 0 Å². The van der Waals surface area contributed by atoms with Crippen LogP contribution in [0.1, 0.15) is 31.7 Å². The summed E-state index contributed by atoms with van der Waals surface area (Å²) in [6, 6.07) is 4.12. The Morgan fingerprint density at radius 1 is 1.24 bits per heavy atom. The maximum atomic E-state index is 10.8. The first-order valence-electron chi connectivity index (χ1n) is 9.82. The fourth-order valence-corrected chi connectivity index (χ4v) is 4.97. The molecule has 1 N–H and O–H groups in total. The molecule has 0 bridgehead atoms. The van der Waals surface area contributed by atoms with Gasteiger partial charge in [-0.3, -0.25) is 0 Å². The smallest absolute Gasteiger partial charge is 0.258 e. The number of phenolic OH excluding ortho intramolecular Hbond substituents is 1. The van der Waals surface area contributed by atoms with Crippen molar-refractivity contribution < 1.29 is 19.3 Å². The van der Waals surface area contributed by atoms with E-state index >= 15 is 0 Å². The van der Waals surface area contributed by atoms with Crippen LogP contribution < -0.4 is 14.4 Å². The lowest BCUT2D eigenvalue weighted by Gasteiger charge is -2.37. The molecule has 1 aromatic carbocycles. The van der Waals surface area contributed by atoms with E-state index in [4.69, 9.17) is 19.3 Å². The van der Waals surface area contributed by atoms with Gasteiger partial charge in [-0.2, -0.15) is 0 Å². The van der Waals surface area contributed by atoms with Crippen molar-refractivity contribution in [2.45, 2.75) is 38.8 Å². The van der Waals surface area contributed by atoms with Crippen molar-refractivity contribution in [3.05, 3.63) is 23.1 Å². The number of hydrogen-bond acceptors (Lipinski definition) is 7. The van der Waals surface area contributed by atoms with Gasteiger partial charge in [-0.15, -0.1) is 16.4 Å². The minimum atomic E-state index is 0.137. The zero-order chi connectivity index (χ0) is 20.5. The molecule has 0 aliphatic heterocycles. The first kappa shape index (κ1) is 19.8. The number of fused-ring (bicyclic) bond motifs is 1. The molecule has 0 atom stereocenters. The number of anilines is 1. The zero-order valence-electron chi connectivity index (χ0n) is 17.3. The van der Waals surface area contributed by atoms with Crippen molar-refractivity contribution >= 4 is 21.9 Å². The van der Waals surface area contributed by atoms with Gasteiger partial charge in [0.05, 0.1) is 32.1 Å². The van der Waals surface area contributed by atoms with Crippen LogP contribution in [0.25, 0.3) is 16.1 Å². The van der Waals surface area contributed by atoms with Gasteiger partial charge in [0.25, 0.3) is 5.88 Å². The van der Waals surface area contributed by atoms with Crippen molar-refractivity contribution in [1.82, 2.24) is 9.61 Å². The third-order valence-corrected chi connectivity index (χ3v) is 6.49. The van der Waals surface area contributed by atoms with E-state index in [1.807, 2.05) is 16.0 Å². The summed E-state index contributed by atoms with van der Waals surface area (Å²) in [4.78, 5) is 3.40. The number of nitrogens with zero attached hydrogens (tertiary/aromatic N) is 3. The molecule has 3 aromatic rings. The van der Waals surface area contributed by atoms with E-state index in [2.05, 4.69) is 11.8 Å². The molecule has 0 radical (unpaired) electrons. The lowest BCUT2D eigenvalue weighted by Crippen LogP contribution is -2.40. The average Bonchev–Trinajstić information content (AvgIpc) is 3.23. The summed E-state index contributed by atoms with van der Waals surface area (Å²) in [6.45, 7) is 3.46. The van der Waals surface area contributed by atoms with Gasteiger partial charge in [-0.05, 0) is 43.9 Å². The van der Waals surface area contributed by atoms with Gasteiger partial charge >= 0.3 is 0 Å². The van der Waals surface area contributed by atoms with E-state index in [9.17, 15) is 5.11 Å². The molecular formula is C21H27N3O4S. The maximum Gasteiger partial charge on any atom is 0.258 e. The Balaban J connectivity index is 1.87. The monoisotopic (exact) mass is 417 g/mol. The van der Waals surface area contributed by atoms with Crippen LogP contribution in [-0.4, -0.2) is 48.6 Å². The maximum absolute atomic E-state index is 10.8. The molecule has 0 amide bonds. The summed E-state index contributed by atoms with van der Waals surface area (Å²) in [5, 5.41) is 17.5. The topological polar surface area (TPSA) is 68.5 Å². The van der Waals surface area contributed by atoms with Gasteiger partial charge in [0, 0.05) is 25.1 Å². The number of phenols is 1. The van der Waals surface area contributed by atoms with Gasteiger partial charge in [-0.25, -0.2) is 4.52 Å². The normalized spacial score (nSPS) is 14.2. The van der Waals surface area contributed by atoms with Gasteiger partial charge in [0.1, 0.15) is 22.0 Å². The number of rotatable bonds is 8. The van der Waals surface area contributed by atoms with E-state index in [-0.39, 0.29) is 5.75 Å². The predicted molar refractivity (Wildman–Crippen MR) is 115 cm³/mol. The third kappa shape index (κ3) is 3.30. The Kier molecular flexibility index (Phi) is 5.56. The second-order valence-electron chi connectivity index (χ2n) is 7.19. The number of ether oxygens (including phenoxy) is 3. The van der Waals surface area contributed by atoms with Crippen LogP contribution in [0, 0.1) is 0 Å². The number of methoxy groups -OCH3 is 3. The van der Waals surface area contributed by atoms with Gasteiger partial charge in [-0.1, -0.05) is 0 Å². The predicted octanol–water partition coefficient (Wildman–Crippen LogP) is 4.31. The molecule has 8 heteroatoms. The van der Waals surface area contributed by atoms with Crippen LogP contribution in [0.2, 0.25) is 0 Å². The van der Waals surface area contributed by atoms with E-state index in [0.717, 1.165) is 28.3 Å².